The molecular weight excluding hydrogens is 630 g/mol. The third kappa shape index (κ3) is 7.93. The van der Waals surface area contributed by atoms with Crippen LogP contribution in [0.1, 0.15) is 0 Å². The quantitative estimate of drug-likeness (QED) is 0.0951. The Morgan fingerprint density at radius 2 is 0.468 bits per heavy atom. The van der Waals surface area contributed by atoms with Crippen LogP contribution < -0.4 is 42.5 Å². The molecule has 238 valence electrons. The minimum atomic E-state index is -1.82. The fourth-order valence-corrected chi connectivity index (χ4v) is 15.1. The largest absolute Gasteiger partial charge is 0.312 e. The predicted molar refractivity (Wildman–Crippen MR) is 213 cm³/mol. The number of hydrogen-bond acceptors (Lipinski definition) is 2. The molecule has 0 atom stereocenters. The van der Waals surface area contributed by atoms with E-state index >= 15 is 0 Å². The molecule has 0 spiro atoms. The van der Waals surface area contributed by atoms with E-state index in [9.17, 15) is 0 Å². The molecule has 0 unspecified atom stereocenters. The molecule has 0 amide bonds. The van der Waals surface area contributed by atoms with Crippen LogP contribution in [0, 0.1) is 0 Å². The highest BCUT2D eigenvalue weighted by Gasteiger charge is 2.45. The minimum absolute atomic E-state index is 0. The zero-order valence-electron chi connectivity index (χ0n) is 26.9. The van der Waals surface area contributed by atoms with E-state index in [-0.39, 0.29) is 12.4 Å². The van der Waals surface area contributed by atoms with Crippen molar-refractivity contribution in [3.8, 4) is 0 Å². The summed E-state index contributed by atoms with van der Waals surface area (Å²) < 4.78 is 0. The van der Waals surface area contributed by atoms with Crippen molar-refractivity contribution in [1.82, 2.24) is 10.6 Å². The van der Waals surface area contributed by atoms with Gasteiger partial charge in [0.25, 0.3) is 0 Å². The molecule has 0 fully saturated rings. The first kappa shape index (κ1) is 34.7. The van der Waals surface area contributed by atoms with E-state index in [1.807, 2.05) is 0 Å². The summed E-state index contributed by atoms with van der Waals surface area (Å²) in [6.45, 7) is 3.80. The lowest BCUT2D eigenvalue weighted by molar-refractivity contribution is 0.644. The van der Waals surface area contributed by atoms with Crippen molar-refractivity contribution in [2.75, 3.05) is 38.5 Å². The lowest BCUT2D eigenvalue weighted by Gasteiger charge is -2.28. The molecule has 0 aliphatic rings. The van der Waals surface area contributed by atoms with Gasteiger partial charge in [0.2, 0.25) is 0 Å². The lowest BCUT2D eigenvalue weighted by atomic mass is 10.4. The lowest BCUT2D eigenvalue weighted by Crippen LogP contribution is -2.39. The summed E-state index contributed by atoms with van der Waals surface area (Å²) in [5, 5.41) is 16.3. The van der Waals surface area contributed by atoms with E-state index < -0.39 is 14.5 Å². The van der Waals surface area contributed by atoms with Crippen molar-refractivity contribution in [2.24, 2.45) is 0 Å². The van der Waals surface area contributed by atoms with Gasteiger partial charge in [-0.1, -0.05) is 109 Å². The van der Waals surface area contributed by atoms with Crippen LogP contribution in [-0.4, -0.2) is 38.5 Å². The summed E-state index contributed by atoms with van der Waals surface area (Å²) in [4.78, 5) is 0. The number of rotatable bonds is 15. The SMILES string of the molecule is Cl.c1ccc([P+](CCNCCNCC[P+](c2ccccc2)(c2ccccc2)c2ccccc2)(c2ccccc2)c2ccccc2)cc1. The van der Waals surface area contributed by atoms with Gasteiger partial charge in [-0.2, -0.15) is 0 Å². The van der Waals surface area contributed by atoms with E-state index in [1.165, 1.54) is 31.8 Å². The molecule has 0 saturated carbocycles. The van der Waals surface area contributed by atoms with E-state index in [1.54, 1.807) is 0 Å². The molecule has 0 radical (unpaired) electrons. The van der Waals surface area contributed by atoms with Crippen LogP contribution in [0.3, 0.4) is 0 Å². The Bertz CT molecular complexity index is 1400. The average Bonchev–Trinajstić information content (AvgIpc) is 3.15. The summed E-state index contributed by atoms with van der Waals surface area (Å²) in [6.07, 6.45) is 2.16. The van der Waals surface area contributed by atoms with Crippen LogP contribution in [0.25, 0.3) is 0 Å². The maximum Gasteiger partial charge on any atom is 0.113 e. The summed E-state index contributed by atoms with van der Waals surface area (Å²) in [5.41, 5.74) is 0. The Hall–Kier alpha value is -3.61. The molecule has 6 rings (SSSR count). The zero-order chi connectivity index (χ0) is 31.3. The molecule has 0 heterocycles. The third-order valence-electron chi connectivity index (χ3n) is 8.91. The van der Waals surface area contributed by atoms with Crippen LogP contribution in [0.2, 0.25) is 0 Å². The molecule has 0 aliphatic carbocycles. The van der Waals surface area contributed by atoms with Crippen LogP contribution in [0.4, 0.5) is 0 Å². The Balaban J connectivity index is 0.00000433. The smallest absolute Gasteiger partial charge is 0.113 e. The van der Waals surface area contributed by atoms with E-state index in [2.05, 4.69) is 193 Å². The fraction of sp³-hybridized carbons (Fsp3) is 0.143. The van der Waals surface area contributed by atoms with Gasteiger partial charge in [0, 0.05) is 26.2 Å². The number of hydrogen-bond donors (Lipinski definition) is 2. The third-order valence-corrected chi connectivity index (χ3v) is 17.8. The van der Waals surface area contributed by atoms with Crippen molar-refractivity contribution >= 4 is 58.8 Å². The molecule has 47 heavy (non-hydrogen) atoms. The van der Waals surface area contributed by atoms with Crippen molar-refractivity contribution in [2.45, 2.75) is 0 Å². The van der Waals surface area contributed by atoms with E-state index in [4.69, 9.17) is 0 Å². The summed E-state index contributed by atoms with van der Waals surface area (Å²) >= 11 is 0. The first-order valence-electron chi connectivity index (χ1n) is 16.4. The van der Waals surface area contributed by atoms with Crippen LogP contribution in [0.15, 0.2) is 182 Å². The first-order chi connectivity index (χ1) is 22.8. The van der Waals surface area contributed by atoms with Gasteiger partial charge in [0.1, 0.15) is 46.4 Å². The summed E-state index contributed by atoms with van der Waals surface area (Å²) in [5.74, 6) is 0. The molecule has 0 aliphatic heterocycles. The predicted octanol–water partition coefficient (Wildman–Crippen LogP) is 6.58. The van der Waals surface area contributed by atoms with Crippen LogP contribution in [0.5, 0.6) is 0 Å². The molecule has 0 saturated heterocycles. The van der Waals surface area contributed by atoms with Gasteiger partial charge in [-0.3, -0.25) is 0 Å². The second kappa shape index (κ2) is 17.5. The molecule has 0 bridgehead atoms. The summed E-state index contributed by atoms with van der Waals surface area (Å²) in [6, 6.07) is 67.0. The second-order valence-corrected chi connectivity index (χ2v) is 18.8. The van der Waals surface area contributed by atoms with E-state index in [0.29, 0.717) is 0 Å². The Kier molecular flexibility index (Phi) is 12.9. The highest BCUT2D eigenvalue weighted by molar-refractivity contribution is 7.96. The van der Waals surface area contributed by atoms with Crippen molar-refractivity contribution in [1.29, 1.82) is 0 Å². The first-order valence-corrected chi connectivity index (χ1v) is 20.3. The Morgan fingerprint density at radius 1 is 0.277 bits per heavy atom. The fourth-order valence-electron chi connectivity index (χ4n) is 6.68. The van der Waals surface area contributed by atoms with Gasteiger partial charge in [-0.15, -0.1) is 12.4 Å². The van der Waals surface area contributed by atoms with Crippen LogP contribution in [-0.2, 0) is 0 Å². The number of halogens is 1. The standard InChI is InChI=1S/C42H44N2P2.ClH/c1-7-19-37(20-8-1)45(38-21-9-2-10-22-38,39-23-11-3-12-24-39)35-33-43-31-32-44-34-36-46(40-25-13-4-14-26-40,41-27-15-5-16-28-41)42-29-17-6-18-30-42;/h1-30,43-44H,31-36H2;1H/q+2;. The van der Waals surface area contributed by atoms with Crippen molar-refractivity contribution in [3.63, 3.8) is 0 Å². The normalized spacial score (nSPS) is 11.5. The molecule has 6 aromatic rings. The summed E-state index contributed by atoms with van der Waals surface area (Å²) in [7, 11) is -3.63. The molecule has 6 aromatic carbocycles. The molecular formula is C42H45ClN2P2+2. The minimum Gasteiger partial charge on any atom is -0.312 e. The van der Waals surface area contributed by atoms with Crippen molar-refractivity contribution in [3.05, 3.63) is 182 Å². The molecule has 5 heteroatoms. The maximum atomic E-state index is 3.82. The van der Waals surface area contributed by atoms with Crippen molar-refractivity contribution < 1.29 is 0 Å². The molecule has 2 N–H and O–H groups in total. The highest BCUT2D eigenvalue weighted by Crippen LogP contribution is 2.55. The van der Waals surface area contributed by atoms with Gasteiger partial charge in [-0.05, 0) is 72.8 Å². The van der Waals surface area contributed by atoms with Gasteiger partial charge in [0.05, 0.1) is 12.3 Å². The Labute approximate surface area is 288 Å². The second-order valence-electron chi connectivity index (χ2n) is 11.6. The Morgan fingerprint density at radius 3 is 0.660 bits per heavy atom. The van der Waals surface area contributed by atoms with Gasteiger partial charge >= 0.3 is 0 Å². The topological polar surface area (TPSA) is 24.1 Å². The van der Waals surface area contributed by atoms with Gasteiger partial charge in [-0.25, -0.2) is 0 Å². The molecule has 2 nitrogen and oxygen atoms in total. The number of nitrogens with one attached hydrogen (secondary N) is 2. The zero-order valence-corrected chi connectivity index (χ0v) is 29.5. The van der Waals surface area contributed by atoms with Gasteiger partial charge in [0.15, 0.2) is 0 Å². The van der Waals surface area contributed by atoms with Crippen LogP contribution >= 0.6 is 26.9 Å². The average molecular weight is 675 g/mol. The van der Waals surface area contributed by atoms with E-state index in [0.717, 1.165) is 38.5 Å². The number of benzene rings is 6. The monoisotopic (exact) mass is 674 g/mol. The molecule has 0 aromatic heterocycles. The van der Waals surface area contributed by atoms with Gasteiger partial charge < -0.3 is 10.6 Å². The maximum absolute atomic E-state index is 3.82. The highest BCUT2D eigenvalue weighted by atomic mass is 35.5.